The van der Waals surface area contributed by atoms with E-state index in [1.54, 1.807) is 35.6 Å². The van der Waals surface area contributed by atoms with E-state index >= 15 is 0 Å². The molecule has 1 aromatic heterocycles. The lowest BCUT2D eigenvalue weighted by molar-refractivity contribution is -0.118. The van der Waals surface area contributed by atoms with Crippen molar-refractivity contribution in [2.24, 2.45) is 5.73 Å². The van der Waals surface area contributed by atoms with E-state index in [0.717, 1.165) is 4.88 Å². The van der Waals surface area contributed by atoms with Gasteiger partial charge in [0.1, 0.15) is 5.75 Å². The predicted molar refractivity (Wildman–Crippen MR) is 85.9 cm³/mol. The van der Waals surface area contributed by atoms with Crippen LogP contribution in [0, 0.1) is 0 Å². The van der Waals surface area contributed by atoms with Gasteiger partial charge in [-0.25, -0.2) is 4.79 Å². The van der Waals surface area contributed by atoms with E-state index in [9.17, 15) is 9.59 Å². The Bertz CT molecular complexity index is 611. The Morgan fingerprint density at radius 1 is 1.18 bits per heavy atom. The molecule has 0 radical (unpaired) electrons. The summed E-state index contributed by atoms with van der Waals surface area (Å²) in [5, 5.41) is 7.47. The molecule has 6 nitrogen and oxygen atoms in total. The Morgan fingerprint density at radius 2 is 1.95 bits per heavy atom. The van der Waals surface area contributed by atoms with E-state index < -0.39 is 5.91 Å². The maximum Gasteiger partial charge on any atom is 0.319 e. The van der Waals surface area contributed by atoms with E-state index in [2.05, 4.69) is 10.6 Å². The largest absolute Gasteiger partial charge is 0.493 e. The second-order valence-corrected chi connectivity index (χ2v) is 5.51. The maximum absolute atomic E-state index is 11.7. The first kappa shape index (κ1) is 15.8. The summed E-state index contributed by atoms with van der Waals surface area (Å²) in [5.74, 6) is 0.214. The molecule has 0 spiro atoms. The van der Waals surface area contributed by atoms with Gasteiger partial charge in [0, 0.05) is 10.6 Å². The van der Waals surface area contributed by atoms with Gasteiger partial charge in [-0.3, -0.25) is 4.79 Å². The van der Waals surface area contributed by atoms with Gasteiger partial charge < -0.3 is 21.1 Å². The molecule has 22 heavy (non-hydrogen) atoms. The van der Waals surface area contributed by atoms with Gasteiger partial charge in [0.2, 0.25) is 5.91 Å². The molecule has 2 rings (SSSR count). The van der Waals surface area contributed by atoms with Crippen LogP contribution in [0.25, 0.3) is 0 Å². The highest BCUT2D eigenvalue weighted by Crippen LogP contribution is 2.16. The molecule has 0 atom stereocenters. The molecular formula is C15H17N3O3S. The van der Waals surface area contributed by atoms with Crippen LogP contribution in [0.1, 0.15) is 11.3 Å². The average Bonchev–Trinajstić information content (AvgIpc) is 3.00. The van der Waals surface area contributed by atoms with Gasteiger partial charge in [0.15, 0.2) is 0 Å². The van der Waals surface area contributed by atoms with Gasteiger partial charge in [-0.1, -0.05) is 6.07 Å². The fraction of sp³-hybridized carbons (Fsp3) is 0.200. The Hall–Kier alpha value is -2.54. The molecule has 0 aliphatic rings. The van der Waals surface area contributed by atoms with Crippen molar-refractivity contribution in [2.75, 3.05) is 11.9 Å². The third-order valence-electron chi connectivity index (χ3n) is 2.73. The summed E-state index contributed by atoms with van der Waals surface area (Å²) in [6.07, 6.45) is 0.172. The molecule has 1 aromatic carbocycles. The SMILES string of the molecule is NC(=O)CCOc1ccc(NC(=O)NCc2cccs2)cc1. The molecule has 0 saturated heterocycles. The number of rotatable bonds is 7. The normalized spacial score (nSPS) is 10.0. The zero-order valence-electron chi connectivity index (χ0n) is 11.9. The molecule has 7 heteroatoms. The minimum atomic E-state index is -0.402. The highest BCUT2D eigenvalue weighted by molar-refractivity contribution is 7.09. The maximum atomic E-state index is 11.7. The first-order valence-corrected chi connectivity index (χ1v) is 7.60. The summed E-state index contributed by atoms with van der Waals surface area (Å²) < 4.78 is 5.35. The number of benzene rings is 1. The van der Waals surface area contributed by atoms with Crippen LogP contribution in [0.3, 0.4) is 0 Å². The Balaban J connectivity index is 1.75. The van der Waals surface area contributed by atoms with Crippen molar-refractivity contribution in [1.82, 2.24) is 5.32 Å². The van der Waals surface area contributed by atoms with Crippen LogP contribution < -0.4 is 21.1 Å². The Morgan fingerprint density at radius 3 is 2.59 bits per heavy atom. The predicted octanol–water partition coefficient (Wildman–Crippen LogP) is 2.32. The number of primary amides is 1. The first-order chi connectivity index (χ1) is 10.6. The Kier molecular flexibility index (Phi) is 5.79. The zero-order chi connectivity index (χ0) is 15.8. The summed E-state index contributed by atoms with van der Waals surface area (Å²) in [4.78, 5) is 23.4. The molecule has 0 fully saturated rings. The number of ether oxygens (including phenoxy) is 1. The molecule has 0 bridgehead atoms. The van der Waals surface area contributed by atoms with Gasteiger partial charge in [0.05, 0.1) is 19.6 Å². The van der Waals surface area contributed by atoms with Crippen LogP contribution >= 0.6 is 11.3 Å². The first-order valence-electron chi connectivity index (χ1n) is 6.72. The van der Waals surface area contributed by atoms with Crippen LogP contribution in [0.4, 0.5) is 10.5 Å². The van der Waals surface area contributed by atoms with Crippen molar-refractivity contribution in [3.05, 3.63) is 46.7 Å². The molecule has 1 heterocycles. The van der Waals surface area contributed by atoms with Crippen LogP contribution in [0.5, 0.6) is 5.75 Å². The lowest BCUT2D eigenvalue weighted by atomic mass is 10.3. The van der Waals surface area contributed by atoms with Crippen LogP contribution in [0.15, 0.2) is 41.8 Å². The van der Waals surface area contributed by atoms with Crippen LogP contribution in [-0.4, -0.2) is 18.5 Å². The third kappa shape index (κ3) is 5.45. The quantitative estimate of drug-likeness (QED) is 0.731. The molecule has 4 N–H and O–H groups in total. The lowest BCUT2D eigenvalue weighted by Gasteiger charge is -2.08. The molecule has 3 amide bonds. The standard InChI is InChI=1S/C15H17N3O3S/c16-14(19)7-8-21-12-5-3-11(4-6-12)18-15(20)17-10-13-2-1-9-22-13/h1-6,9H,7-8,10H2,(H2,16,19)(H2,17,18,20). The number of urea groups is 1. The number of hydrogen-bond donors (Lipinski definition) is 3. The van der Waals surface area contributed by atoms with Crippen molar-refractivity contribution in [1.29, 1.82) is 0 Å². The topological polar surface area (TPSA) is 93.5 Å². The molecule has 0 aliphatic carbocycles. The van der Waals surface area contributed by atoms with E-state index in [0.29, 0.717) is 18.0 Å². The minimum absolute atomic E-state index is 0.172. The van der Waals surface area contributed by atoms with Crippen molar-refractivity contribution in [3.8, 4) is 5.75 Å². The van der Waals surface area contributed by atoms with Crippen LogP contribution in [0.2, 0.25) is 0 Å². The van der Waals surface area contributed by atoms with Gasteiger partial charge in [0.25, 0.3) is 0 Å². The minimum Gasteiger partial charge on any atom is -0.493 e. The summed E-state index contributed by atoms with van der Waals surface area (Å²) in [5.41, 5.74) is 5.68. The van der Waals surface area contributed by atoms with Gasteiger partial charge >= 0.3 is 6.03 Å². The van der Waals surface area contributed by atoms with Crippen molar-refractivity contribution >= 4 is 29.0 Å². The van der Waals surface area contributed by atoms with E-state index in [1.165, 1.54) is 0 Å². The number of carbonyl (C=O) groups is 2. The van der Waals surface area contributed by atoms with Gasteiger partial charge in [-0.05, 0) is 35.7 Å². The van der Waals surface area contributed by atoms with Gasteiger partial charge in [-0.2, -0.15) is 0 Å². The molecule has 0 saturated carbocycles. The highest BCUT2D eigenvalue weighted by atomic mass is 32.1. The average molecular weight is 319 g/mol. The molecule has 0 aliphatic heterocycles. The third-order valence-corrected chi connectivity index (χ3v) is 3.61. The van der Waals surface area contributed by atoms with Gasteiger partial charge in [-0.15, -0.1) is 11.3 Å². The molecule has 2 aromatic rings. The summed E-state index contributed by atoms with van der Waals surface area (Å²) in [6, 6.07) is 10.5. The smallest absolute Gasteiger partial charge is 0.319 e. The zero-order valence-corrected chi connectivity index (χ0v) is 12.7. The van der Waals surface area contributed by atoms with Crippen molar-refractivity contribution < 1.29 is 14.3 Å². The molecular weight excluding hydrogens is 302 g/mol. The van der Waals surface area contributed by atoms with E-state index in [-0.39, 0.29) is 19.1 Å². The van der Waals surface area contributed by atoms with Crippen LogP contribution in [-0.2, 0) is 11.3 Å². The second kappa shape index (κ2) is 8.04. The number of nitrogens with two attached hydrogens (primary N) is 1. The second-order valence-electron chi connectivity index (χ2n) is 4.48. The molecule has 0 unspecified atom stereocenters. The summed E-state index contributed by atoms with van der Waals surface area (Å²) >= 11 is 1.59. The Labute approximate surface area is 132 Å². The van der Waals surface area contributed by atoms with Crippen molar-refractivity contribution in [3.63, 3.8) is 0 Å². The highest BCUT2D eigenvalue weighted by Gasteiger charge is 2.03. The monoisotopic (exact) mass is 319 g/mol. The number of amides is 3. The molecule has 116 valence electrons. The number of anilines is 1. The number of hydrogen-bond acceptors (Lipinski definition) is 4. The van der Waals surface area contributed by atoms with Crippen molar-refractivity contribution in [2.45, 2.75) is 13.0 Å². The summed E-state index contributed by atoms with van der Waals surface area (Å²) in [6.45, 7) is 0.737. The number of carbonyl (C=O) groups excluding carboxylic acids is 2. The fourth-order valence-corrected chi connectivity index (χ4v) is 2.30. The van der Waals surface area contributed by atoms with E-state index in [1.807, 2.05) is 17.5 Å². The fourth-order valence-electron chi connectivity index (χ4n) is 1.66. The summed E-state index contributed by atoms with van der Waals surface area (Å²) in [7, 11) is 0. The van der Waals surface area contributed by atoms with E-state index in [4.69, 9.17) is 10.5 Å². The number of nitrogens with one attached hydrogen (secondary N) is 2. The number of thiophene rings is 1. The lowest BCUT2D eigenvalue weighted by Crippen LogP contribution is -2.27.